The number of likely N-dealkylation sites (N-methyl/N-ethyl adjacent to an activating group) is 2. The van der Waals surface area contributed by atoms with Crippen LogP contribution in [-0.4, -0.2) is 96.6 Å². The molecule has 0 spiro atoms. The van der Waals surface area contributed by atoms with Gasteiger partial charge in [-0.1, -0.05) is 12.1 Å². The van der Waals surface area contributed by atoms with Crippen LogP contribution in [0.1, 0.15) is 12.0 Å². The number of piperazine rings is 2. The molecule has 1 amide bonds. The van der Waals surface area contributed by atoms with Crippen LogP contribution >= 0.6 is 0 Å². The van der Waals surface area contributed by atoms with Gasteiger partial charge in [-0.2, -0.15) is 0 Å². The minimum Gasteiger partial charge on any atom is -0.508 e. The first-order chi connectivity index (χ1) is 12.0. The van der Waals surface area contributed by atoms with Gasteiger partial charge in [0.2, 0.25) is 5.91 Å². The SMILES string of the molecule is CN1CCN(C)C(CC(=O)N2CCN(Cc3cccc(O)c3)CC2)C1. The summed E-state index contributed by atoms with van der Waals surface area (Å²) in [5.41, 5.74) is 1.12. The van der Waals surface area contributed by atoms with Gasteiger partial charge in [0.25, 0.3) is 0 Å². The number of hydrogen-bond acceptors (Lipinski definition) is 5. The lowest BCUT2D eigenvalue weighted by Crippen LogP contribution is -2.53. The summed E-state index contributed by atoms with van der Waals surface area (Å²) in [6.07, 6.45) is 0.618. The van der Waals surface area contributed by atoms with Gasteiger partial charge in [-0.3, -0.25) is 9.69 Å². The van der Waals surface area contributed by atoms with E-state index in [1.165, 1.54) is 0 Å². The van der Waals surface area contributed by atoms with E-state index in [0.717, 1.165) is 57.9 Å². The summed E-state index contributed by atoms with van der Waals surface area (Å²) in [4.78, 5) is 21.6. The van der Waals surface area contributed by atoms with Crippen molar-refractivity contribution < 1.29 is 9.90 Å². The van der Waals surface area contributed by atoms with Crippen molar-refractivity contribution in [3.8, 4) is 5.75 Å². The molecule has 3 rings (SSSR count). The van der Waals surface area contributed by atoms with Gasteiger partial charge >= 0.3 is 0 Å². The van der Waals surface area contributed by atoms with Gasteiger partial charge in [0.1, 0.15) is 5.75 Å². The maximum Gasteiger partial charge on any atom is 0.224 e. The Labute approximate surface area is 150 Å². The van der Waals surface area contributed by atoms with Gasteiger partial charge in [0, 0.05) is 64.8 Å². The molecule has 0 bridgehead atoms. The second-order valence-electron chi connectivity index (χ2n) is 7.43. The van der Waals surface area contributed by atoms with Crippen LogP contribution in [0.2, 0.25) is 0 Å². The minimum absolute atomic E-state index is 0.282. The van der Waals surface area contributed by atoms with Crippen LogP contribution in [0.15, 0.2) is 24.3 Å². The van der Waals surface area contributed by atoms with Crippen molar-refractivity contribution in [2.45, 2.75) is 19.0 Å². The monoisotopic (exact) mass is 346 g/mol. The average Bonchev–Trinajstić information content (AvgIpc) is 2.59. The zero-order valence-corrected chi connectivity index (χ0v) is 15.4. The molecule has 0 aromatic heterocycles. The van der Waals surface area contributed by atoms with E-state index in [1.807, 2.05) is 23.1 Å². The number of benzene rings is 1. The number of carbonyl (C=O) groups excluding carboxylic acids is 1. The lowest BCUT2D eigenvalue weighted by atomic mass is 10.1. The number of amides is 1. The predicted molar refractivity (Wildman–Crippen MR) is 98.5 cm³/mol. The molecule has 2 fully saturated rings. The topological polar surface area (TPSA) is 50.3 Å². The first-order valence-corrected chi connectivity index (χ1v) is 9.18. The Morgan fingerprint density at radius 1 is 1.12 bits per heavy atom. The van der Waals surface area contributed by atoms with Crippen molar-refractivity contribution in [1.29, 1.82) is 0 Å². The fourth-order valence-electron chi connectivity index (χ4n) is 3.72. The Morgan fingerprint density at radius 2 is 1.88 bits per heavy atom. The second-order valence-corrected chi connectivity index (χ2v) is 7.43. The lowest BCUT2D eigenvalue weighted by Gasteiger charge is -2.39. The summed E-state index contributed by atoms with van der Waals surface area (Å²) < 4.78 is 0. The molecule has 1 N–H and O–H groups in total. The zero-order chi connectivity index (χ0) is 17.8. The maximum absolute atomic E-state index is 12.7. The molecule has 0 radical (unpaired) electrons. The van der Waals surface area contributed by atoms with Crippen molar-refractivity contribution in [2.24, 2.45) is 0 Å². The molecule has 0 aliphatic carbocycles. The van der Waals surface area contributed by atoms with Crippen LogP contribution in [-0.2, 0) is 11.3 Å². The molecular formula is C19H30N4O2. The van der Waals surface area contributed by atoms with E-state index >= 15 is 0 Å². The van der Waals surface area contributed by atoms with Gasteiger partial charge in [-0.15, -0.1) is 0 Å². The third-order valence-electron chi connectivity index (χ3n) is 5.43. The number of nitrogens with zero attached hydrogens (tertiary/aromatic N) is 4. The molecule has 2 aliphatic heterocycles. The summed E-state index contributed by atoms with van der Waals surface area (Å²) >= 11 is 0. The summed E-state index contributed by atoms with van der Waals surface area (Å²) in [5.74, 6) is 0.594. The van der Waals surface area contributed by atoms with Crippen LogP contribution in [0.25, 0.3) is 0 Å². The van der Waals surface area contributed by atoms with Gasteiger partial charge in [-0.25, -0.2) is 0 Å². The van der Waals surface area contributed by atoms with E-state index < -0.39 is 0 Å². The van der Waals surface area contributed by atoms with E-state index in [9.17, 15) is 9.90 Å². The van der Waals surface area contributed by atoms with Crippen LogP contribution in [0.4, 0.5) is 0 Å². The molecule has 2 aliphatic rings. The van der Waals surface area contributed by atoms with E-state index in [1.54, 1.807) is 6.07 Å². The maximum atomic E-state index is 12.7. The number of rotatable bonds is 4. The van der Waals surface area contributed by atoms with Crippen LogP contribution in [0.5, 0.6) is 5.75 Å². The molecule has 138 valence electrons. The third-order valence-corrected chi connectivity index (χ3v) is 5.43. The molecule has 2 heterocycles. The Balaban J connectivity index is 1.46. The van der Waals surface area contributed by atoms with Crippen LogP contribution < -0.4 is 0 Å². The number of hydrogen-bond donors (Lipinski definition) is 1. The minimum atomic E-state index is 0.282. The van der Waals surface area contributed by atoms with E-state index in [4.69, 9.17) is 0 Å². The molecular weight excluding hydrogens is 316 g/mol. The number of aromatic hydroxyl groups is 1. The highest BCUT2D eigenvalue weighted by molar-refractivity contribution is 5.77. The molecule has 1 unspecified atom stereocenters. The summed E-state index contributed by atoms with van der Waals surface area (Å²) in [5, 5.41) is 9.57. The predicted octanol–water partition coefficient (Wildman–Crippen LogP) is 0.672. The summed E-state index contributed by atoms with van der Waals surface area (Å²) in [7, 11) is 4.25. The molecule has 1 aromatic rings. The zero-order valence-electron chi connectivity index (χ0n) is 15.4. The van der Waals surface area contributed by atoms with E-state index in [0.29, 0.717) is 18.2 Å². The molecule has 6 nitrogen and oxygen atoms in total. The fourth-order valence-corrected chi connectivity index (χ4v) is 3.72. The lowest BCUT2D eigenvalue weighted by molar-refractivity contribution is -0.134. The first kappa shape index (κ1) is 18.2. The average molecular weight is 346 g/mol. The third kappa shape index (κ3) is 4.93. The quantitative estimate of drug-likeness (QED) is 0.869. The molecule has 1 atom stereocenters. The first-order valence-electron chi connectivity index (χ1n) is 9.18. The summed E-state index contributed by atoms with van der Waals surface area (Å²) in [6, 6.07) is 7.75. The Morgan fingerprint density at radius 3 is 2.60 bits per heavy atom. The second kappa shape index (κ2) is 8.17. The largest absolute Gasteiger partial charge is 0.508 e. The van der Waals surface area contributed by atoms with Crippen LogP contribution in [0, 0.1) is 0 Å². The van der Waals surface area contributed by atoms with Crippen molar-refractivity contribution in [1.82, 2.24) is 19.6 Å². The van der Waals surface area contributed by atoms with E-state index in [-0.39, 0.29) is 5.91 Å². The van der Waals surface area contributed by atoms with Crippen molar-refractivity contribution in [3.63, 3.8) is 0 Å². The number of phenols is 1. The van der Waals surface area contributed by atoms with Crippen molar-refractivity contribution in [2.75, 3.05) is 59.9 Å². The Bertz CT molecular complexity index is 587. The normalized spacial score (nSPS) is 23.8. The number of carbonyl (C=O) groups is 1. The Hall–Kier alpha value is -1.63. The highest BCUT2D eigenvalue weighted by Gasteiger charge is 2.28. The molecule has 25 heavy (non-hydrogen) atoms. The van der Waals surface area contributed by atoms with E-state index in [2.05, 4.69) is 28.8 Å². The standard InChI is InChI=1S/C19H30N4O2/c1-20-6-7-21(2)17(15-20)13-19(25)23-10-8-22(9-11-23)14-16-4-3-5-18(24)12-16/h3-5,12,17,24H,6-11,13-15H2,1-2H3. The van der Waals surface area contributed by atoms with Crippen LogP contribution in [0.3, 0.4) is 0 Å². The fraction of sp³-hybridized carbons (Fsp3) is 0.632. The highest BCUT2D eigenvalue weighted by Crippen LogP contribution is 2.16. The highest BCUT2D eigenvalue weighted by atomic mass is 16.3. The smallest absolute Gasteiger partial charge is 0.224 e. The van der Waals surface area contributed by atoms with Gasteiger partial charge in [-0.05, 0) is 31.8 Å². The van der Waals surface area contributed by atoms with Crippen molar-refractivity contribution in [3.05, 3.63) is 29.8 Å². The van der Waals surface area contributed by atoms with Gasteiger partial charge in [0.15, 0.2) is 0 Å². The Kier molecular flexibility index (Phi) is 5.93. The molecule has 2 saturated heterocycles. The summed E-state index contributed by atoms with van der Waals surface area (Å²) in [6.45, 7) is 7.28. The van der Waals surface area contributed by atoms with Crippen molar-refractivity contribution >= 4 is 5.91 Å². The molecule has 6 heteroatoms. The number of phenolic OH excluding ortho intramolecular Hbond substituents is 1. The molecule has 1 aromatic carbocycles. The molecule has 0 saturated carbocycles. The van der Waals surface area contributed by atoms with Gasteiger partial charge < -0.3 is 19.8 Å². The van der Waals surface area contributed by atoms with Gasteiger partial charge in [0.05, 0.1) is 0 Å².